The molecule has 1 aromatic rings. The van der Waals surface area contributed by atoms with Crippen molar-refractivity contribution >= 4 is 31.6 Å². The molecule has 1 aromatic carbocycles. The Balaban J connectivity index is 1.86. The molecule has 0 spiro atoms. The summed E-state index contributed by atoms with van der Waals surface area (Å²) in [7, 11) is -5.59. The highest BCUT2D eigenvalue weighted by Gasteiger charge is 2.30. The summed E-state index contributed by atoms with van der Waals surface area (Å²) in [4.78, 5) is 14.4. The van der Waals surface area contributed by atoms with Crippen molar-refractivity contribution in [3.05, 3.63) is 23.8 Å². The molecule has 0 atom stereocenters. The zero-order valence-electron chi connectivity index (χ0n) is 15.6. The lowest BCUT2D eigenvalue weighted by Gasteiger charge is -2.31. The van der Waals surface area contributed by atoms with E-state index in [-0.39, 0.29) is 17.3 Å². The van der Waals surface area contributed by atoms with Crippen molar-refractivity contribution in [1.29, 1.82) is 0 Å². The van der Waals surface area contributed by atoms with Crippen molar-refractivity contribution in [2.45, 2.75) is 30.6 Å². The molecule has 1 amide bonds. The van der Waals surface area contributed by atoms with Crippen LogP contribution in [-0.2, 0) is 31.3 Å². The number of hydrogen-bond donors (Lipinski definition) is 0. The average molecular weight is 416 g/mol. The van der Waals surface area contributed by atoms with Gasteiger partial charge in [0.15, 0.2) is 0 Å². The van der Waals surface area contributed by atoms with E-state index in [1.807, 2.05) is 0 Å². The number of likely N-dealkylation sites (N-methyl/N-ethyl adjacent to an activating group) is 1. The highest BCUT2D eigenvalue weighted by Crippen LogP contribution is 2.31. The van der Waals surface area contributed by atoms with Gasteiger partial charge in [-0.15, -0.1) is 0 Å². The molecule has 0 bridgehead atoms. The monoisotopic (exact) mass is 415 g/mol. The zero-order chi connectivity index (χ0) is 19.8. The highest BCUT2D eigenvalue weighted by atomic mass is 32.2. The molecule has 0 N–H and O–H groups in total. The Morgan fingerprint density at radius 1 is 1.07 bits per heavy atom. The molecule has 2 aliphatic heterocycles. The van der Waals surface area contributed by atoms with Crippen LogP contribution in [0.5, 0.6) is 0 Å². The van der Waals surface area contributed by atoms with E-state index in [2.05, 4.69) is 0 Å². The highest BCUT2D eigenvalue weighted by molar-refractivity contribution is 7.89. The van der Waals surface area contributed by atoms with Crippen LogP contribution in [0.1, 0.15) is 24.8 Å². The van der Waals surface area contributed by atoms with E-state index >= 15 is 0 Å². The van der Waals surface area contributed by atoms with E-state index in [1.165, 1.54) is 11.4 Å². The average Bonchev–Trinajstić information content (AvgIpc) is 3.15. The van der Waals surface area contributed by atoms with Crippen LogP contribution in [0.2, 0.25) is 0 Å². The third-order valence-electron chi connectivity index (χ3n) is 5.10. The SMILES string of the molecule is CN(CC(=O)N1CCCc2cc(S(=O)(=O)N3CCCC3)ccc21)S(C)(=O)=O. The van der Waals surface area contributed by atoms with Gasteiger partial charge >= 0.3 is 0 Å². The number of benzene rings is 1. The van der Waals surface area contributed by atoms with E-state index in [0.29, 0.717) is 38.2 Å². The summed E-state index contributed by atoms with van der Waals surface area (Å²) in [6.45, 7) is 1.33. The number of rotatable bonds is 5. The Kier molecular flexibility index (Phi) is 5.62. The number of fused-ring (bicyclic) bond motifs is 1. The van der Waals surface area contributed by atoms with Gasteiger partial charge in [0.05, 0.1) is 17.7 Å². The molecule has 1 saturated heterocycles. The fourth-order valence-electron chi connectivity index (χ4n) is 3.46. The Bertz CT molecular complexity index is 937. The summed E-state index contributed by atoms with van der Waals surface area (Å²) >= 11 is 0. The van der Waals surface area contributed by atoms with Gasteiger partial charge in [-0.1, -0.05) is 0 Å². The third-order valence-corrected chi connectivity index (χ3v) is 8.25. The lowest BCUT2D eigenvalue weighted by molar-refractivity contribution is -0.118. The van der Waals surface area contributed by atoms with Crippen LogP contribution in [0.3, 0.4) is 0 Å². The first-order valence-corrected chi connectivity index (χ1v) is 12.2. The minimum Gasteiger partial charge on any atom is -0.311 e. The fraction of sp³-hybridized carbons (Fsp3) is 0.588. The molecule has 2 aliphatic rings. The maximum atomic E-state index is 12.8. The van der Waals surface area contributed by atoms with Crippen LogP contribution in [-0.4, -0.2) is 70.8 Å². The second-order valence-corrected chi connectivity index (χ2v) is 11.1. The lowest BCUT2D eigenvalue weighted by atomic mass is 10.0. The van der Waals surface area contributed by atoms with Gasteiger partial charge in [-0.2, -0.15) is 8.61 Å². The number of carbonyl (C=O) groups excluding carboxylic acids is 1. The Labute approximate surface area is 160 Å². The molecule has 0 aliphatic carbocycles. The topological polar surface area (TPSA) is 95.1 Å². The van der Waals surface area contributed by atoms with Crippen molar-refractivity contribution in [3.8, 4) is 0 Å². The lowest BCUT2D eigenvalue weighted by Crippen LogP contribution is -2.43. The van der Waals surface area contributed by atoms with Crippen LogP contribution < -0.4 is 4.90 Å². The number of amides is 1. The van der Waals surface area contributed by atoms with Crippen LogP contribution in [0.15, 0.2) is 23.1 Å². The number of sulfonamides is 2. The van der Waals surface area contributed by atoms with Gasteiger partial charge in [-0.05, 0) is 49.4 Å². The van der Waals surface area contributed by atoms with E-state index in [9.17, 15) is 21.6 Å². The van der Waals surface area contributed by atoms with Crippen molar-refractivity contribution < 1.29 is 21.6 Å². The zero-order valence-corrected chi connectivity index (χ0v) is 17.2. The Morgan fingerprint density at radius 3 is 2.37 bits per heavy atom. The molecular weight excluding hydrogens is 390 g/mol. The molecule has 0 aromatic heterocycles. The van der Waals surface area contributed by atoms with E-state index in [1.54, 1.807) is 23.1 Å². The molecule has 150 valence electrons. The summed E-state index contributed by atoms with van der Waals surface area (Å²) < 4.78 is 51.2. The standard InChI is InChI=1S/C17H25N3O5S2/c1-18(26(2,22)23)13-17(21)20-11-5-6-14-12-15(7-8-16(14)20)27(24,25)19-9-3-4-10-19/h7-8,12H,3-6,9-11,13H2,1-2H3. The molecule has 2 heterocycles. The first kappa shape index (κ1) is 20.2. The van der Waals surface area contributed by atoms with Crippen molar-refractivity contribution in [1.82, 2.24) is 8.61 Å². The normalized spacial score (nSPS) is 18.7. The smallest absolute Gasteiger partial charge is 0.243 e. The minimum atomic E-state index is -3.51. The van der Waals surface area contributed by atoms with Gasteiger partial charge in [0, 0.05) is 32.4 Å². The molecule has 27 heavy (non-hydrogen) atoms. The van der Waals surface area contributed by atoms with E-state index < -0.39 is 20.0 Å². The molecule has 0 radical (unpaired) electrons. The number of carbonyl (C=O) groups is 1. The molecule has 0 saturated carbocycles. The maximum absolute atomic E-state index is 12.8. The second-order valence-electron chi connectivity index (χ2n) is 7.07. The van der Waals surface area contributed by atoms with Crippen molar-refractivity contribution in [2.75, 3.05) is 44.4 Å². The second kappa shape index (κ2) is 7.50. The van der Waals surface area contributed by atoms with Gasteiger partial charge in [0.2, 0.25) is 26.0 Å². The first-order chi connectivity index (χ1) is 12.6. The summed E-state index contributed by atoms with van der Waals surface area (Å²) in [6.07, 6.45) is 4.19. The number of anilines is 1. The van der Waals surface area contributed by atoms with Crippen LogP contribution in [0.25, 0.3) is 0 Å². The fourth-order valence-corrected chi connectivity index (χ4v) is 5.38. The Morgan fingerprint density at radius 2 is 1.74 bits per heavy atom. The van der Waals surface area contributed by atoms with Gasteiger partial charge in [-0.25, -0.2) is 16.8 Å². The maximum Gasteiger partial charge on any atom is 0.243 e. The van der Waals surface area contributed by atoms with E-state index in [4.69, 9.17) is 0 Å². The Hall–Kier alpha value is -1.49. The molecular formula is C17H25N3O5S2. The minimum absolute atomic E-state index is 0.244. The number of aryl methyl sites for hydroxylation is 1. The van der Waals surface area contributed by atoms with E-state index in [0.717, 1.165) is 29.0 Å². The third kappa shape index (κ3) is 4.18. The first-order valence-electron chi connectivity index (χ1n) is 8.95. The molecule has 8 nitrogen and oxygen atoms in total. The van der Waals surface area contributed by atoms with Crippen molar-refractivity contribution in [3.63, 3.8) is 0 Å². The predicted molar refractivity (Wildman–Crippen MR) is 103 cm³/mol. The van der Waals surface area contributed by atoms with Gasteiger partial charge < -0.3 is 4.90 Å². The molecule has 0 unspecified atom stereocenters. The summed E-state index contributed by atoms with van der Waals surface area (Å²) in [5, 5.41) is 0. The van der Waals surface area contributed by atoms with Gasteiger partial charge in [0.25, 0.3) is 0 Å². The summed E-state index contributed by atoms with van der Waals surface area (Å²) in [6, 6.07) is 4.86. The van der Waals surface area contributed by atoms with Crippen molar-refractivity contribution in [2.24, 2.45) is 0 Å². The van der Waals surface area contributed by atoms with Crippen LogP contribution >= 0.6 is 0 Å². The van der Waals surface area contributed by atoms with Crippen LogP contribution in [0, 0.1) is 0 Å². The van der Waals surface area contributed by atoms with Gasteiger partial charge in [-0.3, -0.25) is 4.79 Å². The summed E-state index contributed by atoms with van der Waals surface area (Å²) in [5.41, 5.74) is 1.46. The number of hydrogen-bond acceptors (Lipinski definition) is 5. The number of nitrogens with zero attached hydrogens (tertiary/aromatic N) is 3. The van der Waals surface area contributed by atoms with Crippen LogP contribution in [0.4, 0.5) is 5.69 Å². The molecule has 1 fully saturated rings. The molecule has 10 heteroatoms. The largest absolute Gasteiger partial charge is 0.311 e. The summed E-state index contributed by atoms with van der Waals surface area (Å²) in [5.74, 6) is -0.320. The predicted octanol–water partition coefficient (Wildman–Crippen LogP) is 0.642. The molecule has 3 rings (SSSR count). The van der Waals surface area contributed by atoms with Gasteiger partial charge in [0.1, 0.15) is 0 Å². The quantitative estimate of drug-likeness (QED) is 0.703.